The van der Waals surface area contributed by atoms with Crippen LogP contribution >= 0.6 is 11.6 Å². The minimum Gasteiger partial charge on any atom is -0.444 e. The van der Waals surface area contributed by atoms with Crippen molar-refractivity contribution in [3.05, 3.63) is 16.7 Å². The van der Waals surface area contributed by atoms with Crippen molar-refractivity contribution >= 4 is 44.3 Å². The molecule has 0 N–H and O–H groups in total. The van der Waals surface area contributed by atoms with E-state index < -0.39 is 26.4 Å². The van der Waals surface area contributed by atoms with Gasteiger partial charge in [-0.2, -0.15) is 0 Å². The van der Waals surface area contributed by atoms with Crippen molar-refractivity contribution in [3.8, 4) is 0 Å². The number of sulfone groups is 1. The number of fused-ring (bicyclic) bond motifs is 5. The fourth-order valence-electron chi connectivity index (χ4n) is 5.75. The highest BCUT2D eigenvalue weighted by atomic mass is 35.5. The summed E-state index contributed by atoms with van der Waals surface area (Å²) in [5, 5.41) is -0.358. The van der Waals surface area contributed by atoms with E-state index in [2.05, 4.69) is 15.0 Å². The minimum absolute atomic E-state index is 0.0992. The Morgan fingerprint density at radius 3 is 2.50 bits per heavy atom. The molecule has 0 radical (unpaired) electrons. The Labute approximate surface area is 215 Å². The van der Waals surface area contributed by atoms with Gasteiger partial charge < -0.3 is 9.64 Å². The molecule has 36 heavy (non-hydrogen) atoms. The van der Waals surface area contributed by atoms with Gasteiger partial charge in [0.25, 0.3) is 0 Å². The van der Waals surface area contributed by atoms with E-state index in [1.165, 1.54) is 6.92 Å². The lowest BCUT2D eigenvalue weighted by atomic mass is 9.88. The van der Waals surface area contributed by atoms with E-state index in [0.717, 1.165) is 25.7 Å². The van der Waals surface area contributed by atoms with Crippen LogP contribution in [0.1, 0.15) is 71.9 Å². The average molecular weight is 540 g/mol. The smallest absolute Gasteiger partial charge is 0.410 e. The molecule has 0 aliphatic carbocycles. The summed E-state index contributed by atoms with van der Waals surface area (Å²) in [7, 11) is -3.83. The topological polar surface area (TPSA) is 106 Å². The second-order valence-electron chi connectivity index (χ2n) is 10.9. The Kier molecular flexibility index (Phi) is 6.10. The van der Waals surface area contributed by atoms with Crippen molar-refractivity contribution in [1.29, 1.82) is 0 Å². The SMILES string of the molecule is CCS(=O)(=O)c1nc2c3c(nc(Cl)c(F)c3n1)[C@H](C)CC[C@H]1[C@@H]3CC[C@H](CN21)N3C(=O)OC(C)(C)C. The Morgan fingerprint density at radius 2 is 1.83 bits per heavy atom. The van der Waals surface area contributed by atoms with Gasteiger partial charge in [-0.15, -0.1) is 0 Å². The molecule has 1 amide bonds. The summed E-state index contributed by atoms with van der Waals surface area (Å²) in [5.41, 5.74) is -0.184. The first kappa shape index (κ1) is 25.4. The lowest BCUT2D eigenvalue weighted by Crippen LogP contribution is -2.62. The highest BCUT2D eigenvalue weighted by Gasteiger charge is 2.51. The average Bonchev–Trinajstić information content (AvgIpc) is 3.13. The van der Waals surface area contributed by atoms with Crippen LogP contribution in [0.5, 0.6) is 0 Å². The highest BCUT2D eigenvalue weighted by molar-refractivity contribution is 7.91. The van der Waals surface area contributed by atoms with Crippen molar-refractivity contribution in [1.82, 2.24) is 19.9 Å². The summed E-state index contributed by atoms with van der Waals surface area (Å²) in [6.07, 6.45) is 2.69. The van der Waals surface area contributed by atoms with Gasteiger partial charge in [0, 0.05) is 6.54 Å². The van der Waals surface area contributed by atoms with Gasteiger partial charge in [-0.25, -0.2) is 32.6 Å². The van der Waals surface area contributed by atoms with Crippen LogP contribution in [0.2, 0.25) is 5.15 Å². The van der Waals surface area contributed by atoms with Crippen LogP contribution in [-0.2, 0) is 14.6 Å². The van der Waals surface area contributed by atoms with Gasteiger partial charge in [0.1, 0.15) is 16.9 Å². The molecular formula is C24H31ClFN5O4S. The van der Waals surface area contributed by atoms with Gasteiger partial charge in [0.15, 0.2) is 11.0 Å². The molecule has 2 aromatic heterocycles. The molecule has 9 nitrogen and oxygen atoms in total. The number of hydrogen-bond acceptors (Lipinski definition) is 8. The van der Waals surface area contributed by atoms with Crippen LogP contribution < -0.4 is 4.90 Å². The third-order valence-corrected chi connectivity index (χ3v) is 9.18. The summed E-state index contributed by atoms with van der Waals surface area (Å²) in [5.74, 6) is -0.825. The predicted octanol–water partition coefficient (Wildman–Crippen LogP) is 4.46. The molecular weight excluding hydrogens is 509 g/mol. The summed E-state index contributed by atoms with van der Waals surface area (Å²) in [6, 6.07) is -0.405. The normalized spacial score (nSPS) is 26.0. The number of halogens is 2. The number of anilines is 1. The second-order valence-corrected chi connectivity index (χ2v) is 13.5. The second kappa shape index (κ2) is 8.65. The molecule has 196 valence electrons. The van der Waals surface area contributed by atoms with Crippen molar-refractivity contribution in [2.45, 2.75) is 95.1 Å². The van der Waals surface area contributed by atoms with Gasteiger partial charge in [-0.05, 0) is 52.4 Å². The zero-order chi connectivity index (χ0) is 26.2. The van der Waals surface area contributed by atoms with Gasteiger partial charge in [-0.3, -0.25) is 4.90 Å². The Hall–Kier alpha value is -2.27. The van der Waals surface area contributed by atoms with Crippen molar-refractivity contribution < 1.29 is 22.3 Å². The van der Waals surface area contributed by atoms with E-state index in [0.29, 0.717) is 23.4 Å². The molecule has 4 atom stereocenters. The number of ether oxygens (including phenoxy) is 1. The van der Waals surface area contributed by atoms with E-state index in [9.17, 15) is 13.2 Å². The minimum atomic E-state index is -3.83. The van der Waals surface area contributed by atoms with Crippen LogP contribution in [-0.4, -0.2) is 70.4 Å². The van der Waals surface area contributed by atoms with Gasteiger partial charge in [0.05, 0.1) is 35.0 Å². The molecule has 2 bridgehead atoms. The maximum absolute atomic E-state index is 15.3. The standard InChI is InChI=1S/C24H31ClFN5O4S/c1-6-36(33,34)22-28-19-16-18(27-20(25)17(19)26)12(2)7-9-14-15-10-8-13(11-30(14)21(16)29-22)31(15)23(32)35-24(3,4)5/h12-15H,6-11H2,1-5H3/t12-,13-,14+,15+/m1/s1. The fraction of sp³-hybridized carbons (Fsp3) is 0.667. The fourth-order valence-corrected chi connectivity index (χ4v) is 6.65. The monoisotopic (exact) mass is 539 g/mol. The lowest BCUT2D eigenvalue weighted by Gasteiger charge is -2.48. The van der Waals surface area contributed by atoms with Crippen molar-refractivity contribution in [2.24, 2.45) is 0 Å². The number of piperazine rings is 1. The van der Waals surface area contributed by atoms with E-state index in [4.69, 9.17) is 16.3 Å². The first-order chi connectivity index (χ1) is 16.8. The molecule has 5 heterocycles. The van der Waals surface area contributed by atoms with E-state index in [1.54, 1.807) is 0 Å². The molecule has 2 aromatic rings. The molecule has 0 aromatic carbocycles. The molecule has 0 unspecified atom stereocenters. The van der Waals surface area contributed by atoms with Gasteiger partial charge in [0.2, 0.25) is 15.0 Å². The number of aromatic nitrogens is 3. The first-order valence-corrected chi connectivity index (χ1v) is 14.4. The lowest BCUT2D eigenvalue weighted by molar-refractivity contribution is 0.00694. The van der Waals surface area contributed by atoms with E-state index in [-0.39, 0.29) is 46.6 Å². The van der Waals surface area contributed by atoms with Gasteiger partial charge in [-0.1, -0.05) is 25.4 Å². The molecule has 0 spiro atoms. The number of amides is 1. The zero-order valence-electron chi connectivity index (χ0n) is 21.1. The molecule has 2 saturated heterocycles. The van der Waals surface area contributed by atoms with Crippen molar-refractivity contribution in [3.63, 3.8) is 0 Å². The van der Waals surface area contributed by atoms with Crippen LogP contribution in [0.3, 0.4) is 0 Å². The van der Waals surface area contributed by atoms with Gasteiger partial charge >= 0.3 is 6.09 Å². The van der Waals surface area contributed by atoms with E-state index in [1.807, 2.05) is 37.5 Å². The third-order valence-electron chi connectivity index (χ3n) is 7.43. The van der Waals surface area contributed by atoms with Crippen LogP contribution in [0.15, 0.2) is 5.16 Å². The molecule has 3 aliphatic heterocycles. The summed E-state index contributed by atoms with van der Waals surface area (Å²) in [4.78, 5) is 30.1. The number of hydrogen-bond donors (Lipinski definition) is 0. The molecule has 0 saturated carbocycles. The Bertz CT molecular complexity index is 1350. The molecule has 5 rings (SSSR count). The maximum atomic E-state index is 15.3. The first-order valence-electron chi connectivity index (χ1n) is 12.4. The highest BCUT2D eigenvalue weighted by Crippen LogP contribution is 2.45. The number of carbonyl (C=O) groups is 1. The third kappa shape index (κ3) is 4.08. The van der Waals surface area contributed by atoms with Crippen LogP contribution in [0.25, 0.3) is 10.9 Å². The largest absolute Gasteiger partial charge is 0.444 e. The predicted molar refractivity (Wildman–Crippen MR) is 134 cm³/mol. The zero-order valence-corrected chi connectivity index (χ0v) is 22.7. The summed E-state index contributed by atoms with van der Waals surface area (Å²) >= 11 is 6.14. The summed E-state index contributed by atoms with van der Waals surface area (Å²) < 4.78 is 46.7. The van der Waals surface area contributed by atoms with Crippen LogP contribution in [0, 0.1) is 5.82 Å². The molecule has 3 aliphatic rings. The number of nitrogens with zero attached hydrogens (tertiary/aromatic N) is 5. The number of carbonyl (C=O) groups excluding carboxylic acids is 1. The summed E-state index contributed by atoms with van der Waals surface area (Å²) in [6.45, 7) is 9.44. The van der Waals surface area contributed by atoms with E-state index >= 15 is 4.39 Å². The number of pyridine rings is 1. The number of rotatable bonds is 2. The Balaban J connectivity index is 1.70. The van der Waals surface area contributed by atoms with Crippen molar-refractivity contribution in [2.75, 3.05) is 17.2 Å². The quantitative estimate of drug-likeness (QED) is 0.406. The molecule has 12 heteroatoms. The maximum Gasteiger partial charge on any atom is 0.410 e. The van der Waals surface area contributed by atoms with Crippen LogP contribution in [0.4, 0.5) is 15.0 Å². The molecule has 2 fully saturated rings. The Morgan fingerprint density at radius 1 is 1.14 bits per heavy atom.